The molecule has 1 amide bonds. The summed E-state index contributed by atoms with van der Waals surface area (Å²) in [6, 6.07) is 0. The fraction of sp³-hybridized carbons (Fsp3) is 0.909. The zero-order chi connectivity index (χ0) is 22.9. The Balaban J connectivity index is 3.81. The van der Waals surface area contributed by atoms with Crippen molar-refractivity contribution in [1.29, 1.82) is 0 Å². The van der Waals surface area contributed by atoms with Crippen molar-refractivity contribution in [2.24, 2.45) is 5.73 Å². The van der Waals surface area contributed by atoms with Crippen molar-refractivity contribution in [3.05, 3.63) is 0 Å². The number of amides is 1. The zero-order valence-electron chi connectivity index (χ0n) is 18.7. The number of primary amides is 1. The van der Waals surface area contributed by atoms with Crippen LogP contribution < -0.4 is 5.73 Å². The van der Waals surface area contributed by atoms with Crippen LogP contribution in [0.4, 0.5) is 0 Å². The van der Waals surface area contributed by atoms with Gasteiger partial charge in [-0.2, -0.15) is 8.42 Å². The largest absolute Gasteiger partial charge is 0.481 e. The molecule has 0 aliphatic carbocycles. The van der Waals surface area contributed by atoms with E-state index in [1.807, 2.05) is 0 Å². The Labute approximate surface area is 182 Å². The number of carbonyl (C=O) groups is 2. The van der Waals surface area contributed by atoms with Crippen molar-refractivity contribution in [2.75, 3.05) is 0 Å². The van der Waals surface area contributed by atoms with E-state index in [1.165, 1.54) is 70.6 Å². The summed E-state index contributed by atoms with van der Waals surface area (Å²) in [5.74, 6) is -2.80. The van der Waals surface area contributed by atoms with Gasteiger partial charge in [0.25, 0.3) is 10.1 Å². The fourth-order valence-electron chi connectivity index (χ4n) is 3.85. The van der Waals surface area contributed by atoms with Gasteiger partial charge in [0.15, 0.2) is 4.75 Å². The standard InChI is InChI=1S/C22H43NO6S/c1-2-3-4-5-6-7-8-9-10-11-12-13-14-15-16-17-18-22(21(23)26,19-20(24)25)30(27,28)29/h2-19H2,1H3,(H2,23,26)(H,24,25)(H,27,28,29). The predicted molar refractivity (Wildman–Crippen MR) is 120 cm³/mol. The molecule has 8 heteroatoms. The molecule has 0 radical (unpaired) electrons. The summed E-state index contributed by atoms with van der Waals surface area (Å²) in [6.07, 6.45) is 17.2. The first-order valence-electron chi connectivity index (χ1n) is 11.7. The monoisotopic (exact) mass is 449 g/mol. The van der Waals surface area contributed by atoms with Crippen LogP contribution in [0.3, 0.4) is 0 Å². The molecule has 0 bridgehead atoms. The molecule has 0 aromatic carbocycles. The molecule has 0 saturated carbocycles. The molecule has 0 aromatic heterocycles. The Morgan fingerprint density at radius 2 is 1.07 bits per heavy atom. The maximum atomic E-state index is 11.6. The molecule has 0 aromatic rings. The summed E-state index contributed by atoms with van der Waals surface area (Å²) in [6.45, 7) is 2.24. The molecule has 4 N–H and O–H groups in total. The number of carboxylic acids is 1. The van der Waals surface area contributed by atoms with Crippen LogP contribution in [-0.2, 0) is 19.7 Å². The first kappa shape index (κ1) is 28.9. The first-order valence-corrected chi connectivity index (χ1v) is 13.1. The number of rotatable bonds is 21. The summed E-state index contributed by atoms with van der Waals surface area (Å²) < 4.78 is 30.2. The van der Waals surface area contributed by atoms with E-state index in [0.717, 1.165) is 19.3 Å². The van der Waals surface area contributed by atoms with E-state index in [1.54, 1.807) is 0 Å². The molecule has 0 rings (SSSR count). The number of hydrogen-bond acceptors (Lipinski definition) is 4. The van der Waals surface area contributed by atoms with E-state index in [-0.39, 0.29) is 6.42 Å². The lowest BCUT2D eigenvalue weighted by Gasteiger charge is -2.25. The topological polar surface area (TPSA) is 135 Å². The summed E-state index contributed by atoms with van der Waals surface area (Å²) in [4.78, 5) is 22.6. The maximum Gasteiger partial charge on any atom is 0.305 e. The molecular weight excluding hydrogens is 406 g/mol. The lowest BCUT2D eigenvalue weighted by molar-refractivity contribution is -0.140. The van der Waals surface area contributed by atoms with Gasteiger partial charge in [-0.15, -0.1) is 0 Å². The van der Waals surface area contributed by atoms with Crippen molar-refractivity contribution in [3.8, 4) is 0 Å². The van der Waals surface area contributed by atoms with Crippen LogP contribution in [0.2, 0.25) is 0 Å². The Hall–Kier alpha value is -1.15. The van der Waals surface area contributed by atoms with Crippen molar-refractivity contribution in [3.63, 3.8) is 0 Å². The van der Waals surface area contributed by atoms with Crippen LogP contribution in [0.1, 0.15) is 122 Å². The minimum Gasteiger partial charge on any atom is -0.481 e. The smallest absolute Gasteiger partial charge is 0.305 e. The number of unbranched alkanes of at least 4 members (excludes halogenated alkanes) is 15. The van der Waals surface area contributed by atoms with Gasteiger partial charge in [-0.25, -0.2) is 0 Å². The molecule has 0 heterocycles. The Kier molecular flexibility index (Phi) is 15.9. The second-order valence-corrected chi connectivity index (χ2v) is 10.2. The Bertz CT molecular complexity index is 578. The lowest BCUT2D eigenvalue weighted by atomic mass is 9.95. The van der Waals surface area contributed by atoms with Gasteiger partial charge in [0, 0.05) is 0 Å². The third-order valence-corrected chi connectivity index (χ3v) is 7.35. The van der Waals surface area contributed by atoms with Crippen LogP contribution in [-0.4, -0.2) is 34.7 Å². The van der Waals surface area contributed by atoms with Gasteiger partial charge in [-0.05, 0) is 6.42 Å². The van der Waals surface area contributed by atoms with Crippen LogP contribution >= 0.6 is 0 Å². The third-order valence-electron chi connectivity index (χ3n) is 5.81. The van der Waals surface area contributed by atoms with Crippen molar-refractivity contribution >= 4 is 22.0 Å². The van der Waals surface area contributed by atoms with Crippen LogP contribution in [0.5, 0.6) is 0 Å². The van der Waals surface area contributed by atoms with E-state index in [4.69, 9.17) is 10.8 Å². The van der Waals surface area contributed by atoms with Gasteiger partial charge in [-0.1, -0.05) is 110 Å². The third kappa shape index (κ3) is 12.5. The van der Waals surface area contributed by atoms with Crippen LogP contribution in [0, 0.1) is 0 Å². The fourth-order valence-corrected chi connectivity index (χ4v) is 4.81. The number of nitrogens with two attached hydrogens (primary N) is 1. The quantitative estimate of drug-likeness (QED) is 0.162. The molecule has 1 atom stereocenters. The second-order valence-electron chi connectivity index (χ2n) is 8.46. The normalized spacial score (nSPS) is 13.8. The van der Waals surface area contributed by atoms with E-state index in [2.05, 4.69) is 6.92 Å². The molecule has 0 fully saturated rings. The maximum absolute atomic E-state index is 11.6. The minimum absolute atomic E-state index is 0.272. The van der Waals surface area contributed by atoms with Gasteiger partial charge in [0.2, 0.25) is 5.91 Å². The summed E-state index contributed by atoms with van der Waals surface area (Å²) in [5, 5.41) is 8.91. The highest BCUT2D eigenvalue weighted by Crippen LogP contribution is 2.28. The van der Waals surface area contributed by atoms with Crippen molar-refractivity contribution < 1.29 is 27.7 Å². The average Bonchev–Trinajstić information content (AvgIpc) is 2.65. The predicted octanol–water partition coefficient (Wildman–Crippen LogP) is 5.22. The van der Waals surface area contributed by atoms with Gasteiger partial charge >= 0.3 is 5.97 Å². The minimum atomic E-state index is -4.90. The SMILES string of the molecule is CCCCCCCCCCCCCCCCCCC(CC(=O)O)(C(N)=O)S(=O)(=O)O. The molecule has 0 aliphatic rings. The van der Waals surface area contributed by atoms with E-state index in [0.29, 0.717) is 12.8 Å². The first-order chi connectivity index (χ1) is 14.2. The highest BCUT2D eigenvalue weighted by Gasteiger charge is 2.50. The average molecular weight is 450 g/mol. The number of aliphatic carboxylic acids is 1. The van der Waals surface area contributed by atoms with Gasteiger partial charge in [0.1, 0.15) is 0 Å². The summed E-state index contributed by atoms with van der Waals surface area (Å²) in [7, 11) is -4.90. The van der Waals surface area contributed by atoms with Crippen LogP contribution in [0.15, 0.2) is 0 Å². The van der Waals surface area contributed by atoms with Gasteiger partial charge in [0.05, 0.1) is 6.42 Å². The van der Waals surface area contributed by atoms with E-state index < -0.39 is 33.2 Å². The molecule has 0 spiro atoms. The number of hydrogen-bond donors (Lipinski definition) is 3. The summed E-state index contributed by atoms with van der Waals surface area (Å²) in [5.41, 5.74) is 5.13. The number of carbonyl (C=O) groups excluding carboxylic acids is 1. The molecule has 7 nitrogen and oxygen atoms in total. The van der Waals surface area contributed by atoms with Gasteiger partial charge in [-0.3, -0.25) is 14.1 Å². The summed E-state index contributed by atoms with van der Waals surface area (Å²) >= 11 is 0. The Morgan fingerprint density at radius 3 is 1.33 bits per heavy atom. The number of carboxylic acid groups (broad SMARTS) is 1. The lowest BCUT2D eigenvalue weighted by Crippen LogP contribution is -2.51. The second kappa shape index (κ2) is 16.5. The highest BCUT2D eigenvalue weighted by atomic mass is 32.2. The molecule has 178 valence electrons. The van der Waals surface area contributed by atoms with Crippen molar-refractivity contribution in [1.82, 2.24) is 0 Å². The molecule has 0 aliphatic heterocycles. The molecular formula is C22H43NO6S. The van der Waals surface area contributed by atoms with Gasteiger partial charge < -0.3 is 10.8 Å². The Morgan fingerprint density at radius 1 is 0.733 bits per heavy atom. The molecule has 30 heavy (non-hydrogen) atoms. The van der Waals surface area contributed by atoms with E-state index >= 15 is 0 Å². The zero-order valence-corrected chi connectivity index (χ0v) is 19.6. The van der Waals surface area contributed by atoms with Crippen molar-refractivity contribution in [2.45, 2.75) is 127 Å². The molecule has 0 saturated heterocycles. The molecule has 1 unspecified atom stereocenters. The van der Waals surface area contributed by atoms with E-state index in [9.17, 15) is 22.6 Å². The highest BCUT2D eigenvalue weighted by molar-refractivity contribution is 7.88. The van der Waals surface area contributed by atoms with Crippen LogP contribution in [0.25, 0.3) is 0 Å².